The van der Waals surface area contributed by atoms with Crippen LogP contribution in [0.4, 0.5) is 10.2 Å². The van der Waals surface area contributed by atoms with Gasteiger partial charge in [0.15, 0.2) is 11.5 Å². The molecule has 16 heavy (non-hydrogen) atoms. The molecule has 84 valence electrons. The Labute approximate surface area is 91.6 Å². The van der Waals surface area contributed by atoms with Crippen molar-refractivity contribution in [3.63, 3.8) is 0 Å². The standard InChI is InChI=1S/C10H11FN4O/c1-6-7(5-12)8(15-14-6)13-9(16)10(11)3-2-4-10/h2-4H2,1H3,(H2,13,14,15,16). The van der Waals surface area contributed by atoms with Crippen LogP contribution >= 0.6 is 0 Å². The van der Waals surface area contributed by atoms with Gasteiger partial charge < -0.3 is 5.32 Å². The second kappa shape index (κ2) is 3.59. The van der Waals surface area contributed by atoms with Crippen LogP contribution in [0.5, 0.6) is 0 Å². The van der Waals surface area contributed by atoms with E-state index in [4.69, 9.17) is 5.26 Å². The van der Waals surface area contributed by atoms with Gasteiger partial charge in [0.2, 0.25) is 0 Å². The Balaban J connectivity index is 2.15. The minimum absolute atomic E-state index is 0.105. The number of aromatic amines is 1. The lowest BCUT2D eigenvalue weighted by Crippen LogP contribution is -2.44. The lowest BCUT2D eigenvalue weighted by molar-refractivity contribution is -0.132. The number of nitriles is 1. The molecule has 0 atom stereocenters. The van der Waals surface area contributed by atoms with E-state index in [-0.39, 0.29) is 24.2 Å². The highest BCUT2D eigenvalue weighted by Gasteiger charge is 2.45. The summed E-state index contributed by atoms with van der Waals surface area (Å²) in [5.41, 5.74) is -0.977. The van der Waals surface area contributed by atoms with Crippen LogP contribution in [0, 0.1) is 18.3 Å². The zero-order valence-electron chi connectivity index (χ0n) is 8.80. The minimum atomic E-state index is -1.78. The molecule has 0 unspecified atom stereocenters. The molecule has 1 aromatic rings. The van der Waals surface area contributed by atoms with Crippen molar-refractivity contribution in [2.45, 2.75) is 31.9 Å². The maximum atomic E-state index is 13.7. The Morgan fingerprint density at radius 2 is 2.38 bits per heavy atom. The highest BCUT2D eigenvalue weighted by atomic mass is 19.1. The molecule has 6 heteroatoms. The van der Waals surface area contributed by atoms with Crippen LogP contribution in [0.15, 0.2) is 0 Å². The summed E-state index contributed by atoms with van der Waals surface area (Å²) in [5.74, 6) is -0.601. The van der Waals surface area contributed by atoms with Crippen LogP contribution in [-0.4, -0.2) is 21.8 Å². The van der Waals surface area contributed by atoms with Gasteiger partial charge in [-0.3, -0.25) is 9.89 Å². The van der Waals surface area contributed by atoms with Gasteiger partial charge in [-0.2, -0.15) is 10.4 Å². The van der Waals surface area contributed by atoms with E-state index in [0.717, 1.165) is 0 Å². The summed E-state index contributed by atoms with van der Waals surface area (Å²) in [4.78, 5) is 11.5. The number of hydrogen-bond donors (Lipinski definition) is 2. The van der Waals surface area contributed by atoms with Gasteiger partial charge in [-0.05, 0) is 26.2 Å². The number of halogens is 1. The summed E-state index contributed by atoms with van der Waals surface area (Å²) in [6.45, 7) is 1.66. The van der Waals surface area contributed by atoms with Gasteiger partial charge in [0, 0.05) is 0 Å². The average Bonchev–Trinajstić information content (AvgIpc) is 2.55. The average molecular weight is 222 g/mol. The first-order chi connectivity index (χ1) is 7.57. The molecule has 0 radical (unpaired) electrons. The fourth-order valence-electron chi connectivity index (χ4n) is 1.59. The Kier molecular flexibility index (Phi) is 2.38. The van der Waals surface area contributed by atoms with Crippen molar-refractivity contribution in [1.29, 1.82) is 5.26 Å². The van der Waals surface area contributed by atoms with Crippen molar-refractivity contribution >= 4 is 11.7 Å². The lowest BCUT2D eigenvalue weighted by Gasteiger charge is -2.31. The van der Waals surface area contributed by atoms with E-state index in [1.165, 1.54) is 0 Å². The number of aromatic nitrogens is 2. The zero-order chi connectivity index (χ0) is 11.8. The van der Waals surface area contributed by atoms with Gasteiger partial charge in [-0.15, -0.1) is 0 Å². The molecule has 5 nitrogen and oxygen atoms in total. The molecular formula is C10H11FN4O. The third-order valence-electron chi connectivity index (χ3n) is 2.84. The number of H-pyrrole nitrogens is 1. The van der Waals surface area contributed by atoms with Gasteiger partial charge in [-0.25, -0.2) is 4.39 Å². The summed E-state index contributed by atoms with van der Waals surface area (Å²) < 4.78 is 13.7. The van der Waals surface area contributed by atoms with E-state index in [2.05, 4.69) is 15.5 Å². The molecule has 0 aliphatic heterocycles. The molecule has 2 N–H and O–H groups in total. The van der Waals surface area contributed by atoms with Crippen molar-refractivity contribution in [3.8, 4) is 6.07 Å². The van der Waals surface area contributed by atoms with Gasteiger partial charge in [0.25, 0.3) is 5.91 Å². The quantitative estimate of drug-likeness (QED) is 0.793. The monoisotopic (exact) mass is 222 g/mol. The van der Waals surface area contributed by atoms with E-state index >= 15 is 0 Å². The van der Waals surface area contributed by atoms with Gasteiger partial charge in [0.1, 0.15) is 11.6 Å². The molecule has 0 saturated heterocycles. The lowest BCUT2D eigenvalue weighted by atomic mass is 9.81. The third-order valence-corrected chi connectivity index (χ3v) is 2.84. The van der Waals surface area contributed by atoms with E-state index in [9.17, 15) is 9.18 Å². The fourth-order valence-corrected chi connectivity index (χ4v) is 1.59. The van der Waals surface area contributed by atoms with E-state index < -0.39 is 11.6 Å². The molecule has 1 saturated carbocycles. The molecule has 1 heterocycles. The Morgan fingerprint density at radius 3 is 2.88 bits per heavy atom. The van der Waals surface area contributed by atoms with Gasteiger partial charge >= 0.3 is 0 Å². The Morgan fingerprint density at radius 1 is 1.69 bits per heavy atom. The maximum Gasteiger partial charge on any atom is 0.263 e. The highest BCUT2D eigenvalue weighted by molar-refractivity contribution is 5.98. The number of carbonyl (C=O) groups excluding carboxylic acids is 1. The topological polar surface area (TPSA) is 81.6 Å². The van der Waals surface area contributed by atoms with Gasteiger partial charge in [0.05, 0.1) is 5.69 Å². The van der Waals surface area contributed by atoms with Crippen molar-refractivity contribution < 1.29 is 9.18 Å². The number of anilines is 1. The molecule has 2 rings (SSSR count). The predicted octanol–water partition coefficient (Wildman–Crippen LogP) is 1.42. The van der Waals surface area contributed by atoms with E-state index in [1.807, 2.05) is 6.07 Å². The number of nitrogens with zero attached hydrogens (tertiary/aromatic N) is 2. The second-order valence-corrected chi connectivity index (χ2v) is 3.96. The molecule has 1 aromatic heterocycles. The van der Waals surface area contributed by atoms with Crippen molar-refractivity contribution in [2.75, 3.05) is 5.32 Å². The highest BCUT2D eigenvalue weighted by Crippen LogP contribution is 2.36. The number of rotatable bonds is 2. The normalized spacial score (nSPS) is 17.3. The van der Waals surface area contributed by atoms with Crippen molar-refractivity contribution in [1.82, 2.24) is 10.2 Å². The van der Waals surface area contributed by atoms with E-state index in [0.29, 0.717) is 12.1 Å². The number of amides is 1. The smallest absolute Gasteiger partial charge is 0.263 e. The molecule has 0 aromatic carbocycles. The van der Waals surface area contributed by atoms with Crippen LogP contribution in [-0.2, 0) is 4.79 Å². The number of carbonyl (C=O) groups is 1. The van der Waals surface area contributed by atoms with Crippen LogP contribution in [0.3, 0.4) is 0 Å². The molecular weight excluding hydrogens is 211 g/mol. The molecule has 1 amide bonds. The molecule has 1 aliphatic rings. The van der Waals surface area contributed by atoms with Gasteiger partial charge in [-0.1, -0.05) is 0 Å². The third kappa shape index (κ3) is 1.54. The predicted molar refractivity (Wildman–Crippen MR) is 54.4 cm³/mol. The summed E-state index contributed by atoms with van der Waals surface area (Å²) in [7, 11) is 0. The summed E-state index contributed by atoms with van der Waals surface area (Å²) in [6, 6.07) is 1.91. The SMILES string of the molecule is Cc1[nH]nc(NC(=O)C2(F)CCC2)c1C#N. The second-order valence-electron chi connectivity index (χ2n) is 3.96. The largest absolute Gasteiger partial charge is 0.305 e. The molecule has 1 aliphatic carbocycles. The first-order valence-electron chi connectivity index (χ1n) is 5.02. The van der Waals surface area contributed by atoms with Crippen LogP contribution in [0.25, 0.3) is 0 Å². The van der Waals surface area contributed by atoms with Crippen LogP contribution < -0.4 is 5.32 Å². The van der Waals surface area contributed by atoms with Crippen molar-refractivity contribution in [3.05, 3.63) is 11.3 Å². The van der Waals surface area contributed by atoms with Crippen molar-refractivity contribution in [2.24, 2.45) is 0 Å². The molecule has 0 bridgehead atoms. The summed E-state index contributed by atoms with van der Waals surface area (Å²) >= 11 is 0. The molecule has 0 spiro atoms. The van der Waals surface area contributed by atoms with Crippen LogP contribution in [0.1, 0.15) is 30.5 Å². The Bertz CT molecular complexity index is 470. The first kappa shape index (κ1) is 10.6. The number of alkyl halides is 1. The van der Waals surface area contributed by atoms with E-state index in [1.54, 1.807) is 6.92 Å². The first-order valence-corrected chi connectivity index (χ1v) is 5.02. The summed E-state index contributed by atoms with van der Waals surface area (Å²) in [6.07, 6.45) is 1.20. The zero-order valence-corrected chi connectivity index (χ0v) is 8.80. The van der Waals surface area contributed by atoms with Crippen LogP contribution in [0.2, 0.25) is 0 Å². The summed E-state index contributed by atoms with van der Waals surface area (Å²) in [5, 5.41) is 17.5. The fraction of sp³-hybridized carbons (Fsp3) is 0.500. The maximum absolute atomic E-state index is 13.7. The number of aryl methyl sites for hydroxylation is 1. The Hall–Kier alpha value is -1.90. The molecule has 1 fully saturated rings. The number of hydrogen-bond acceptors (Lipinski definition) is 3. The minimum Gasteiger partial charge on any atom is -0.305 e. The number of nitrogens with one attached hydrogen (secondary N) is 2.